The minimum atomic E-state index is -0.549. The van der Waals surface area contributed by atoms with E-state index in [-0.39, 0.29) is 29.4 Å². The van der Waals surface area contributed by atoms with Crippen LogP contribution in [0.4, 0.5) is 14.0 Å². The zero-order valence-corrected chi connectivity index (χ0v) is 16.0. The topological polar surface area (TPSA) is 93.7 Å². The number of ether oxygens (including phenoxy) is 2. The third kappa shape index (κ3) is 4.68. The van der Waals surface area contributed by atoms with E-state index < -0.39 is 17.2 Å². The minimum absolute atomic E-state index is 0.0605. The number of cyclic esters (lactones) is 1. The molecule has 2 saturated heterocycles. The van der Waals surface area contributed by atoms with Gasteiger partial charge in [-0.25, -0.2) is 9.18 Å². The van der Waals surface area contributed by atoms with Crippen molar-refractivity contribution in [2.24, 2.45) is 0 Å². The Bertz CT molecular complexity index is 966. The van der Waals surface area contributed by atoms with Crippen LogP contribution < -0.4 is 15.4 Å². The number of alkyl carbamates (subject to hydrolysis) is 1. The summed E-state index contributed by atoms with van der Waals surface area (Å²) in [4.78, 5) is 33.9. The summed E-state index contributed by atoms with van der Waals surface area (Å²) in [5, 5.41) is 4.00. The van der Waals surface area contributed by atoms with Crippen molar-refractivity contribution in [3.8, 4) is 11.5 Å². The second-order valence-corrected chi connectivity index (χ2v) is 7.92. The van der Waals surface area contributed by atoms with Crippen molar-refractivity contribution in [3.05, 3.63) is 59.4 Å². The van der Waals surface area contributed by atoms with Crippen molar-refractivity contribution in [3.63, 3.8) is 0 Å². The van der Waals surface area contributed by atoms with Gasteiger partial charge in [-0.15, -0.1) is 0 Å². The van der Waals surface area contributed by atoms with Crippen molar-refractivity contribution < 1.29 is 28.2 Å². The molecular weight excluding hydrogens is 399 g/mol. The molecule has 0 spiro atoms. The summed E-state index contributed by atoms with van der Waals surface area (Å²) in [7, 11) is 0. The van der Waals surface area contributed by atoms with Crippen LogP contribution in [-0.2, 0) is 22.4 Å². The van der Waals surface area contributed by atoms with Gasteiger partial charge in [0.05, 0.1) is 11.3 Å². The lowest BCUT2D eigenvalue weighted by Gasteiger charge is -2.11. The monoisotopic (exact) mass is 416 g/mol. The van der Waals surface area contributed by atoms with Crippen LogP contribution >= 0.6 is 11.8 Å². The van der Waals surface area contributed by atoms with E-state index in [0.29, 0.717) is 24.3 Å². The fraction of sp³-hybridized carbons (Fsp3) is 0.250. The molecular formula is C20H17FN2O5S. The molecule has 3 amide bonds. The first kappa shape index (κ1) is 19.3. The van der Waals surface area contributed by atoms with Gasteiger partial charge in [0.25, 0.3) is 5.24 Å². The normalized spacial score (nSPS) is 20.9. The van der Waals surface area contributed by atoms with E-state index in [2.05, 4.69) is 10.6 Å². The number of halogens is 1. The highest BCUT2D eigenvalue weighted by Crippen LogP contribution is 2.28. The molecule has 0 radical (unpaired) electrons. The number of nitrogens with one attached hydrogen (secondary N) is 2. The van der Waals surface area contributed by atoms with Gasteiger partial charge in [0.1, 0.15) is 12.4 Å². The SMILES string of the molecule is O=C1NC(Cc2ccc(Oc3ccc(CC4SC(=O)NC4=O)cc3F)cc2)CO1. The zero-order chi connectivity index (χ0) is 20.4. The van der Waals surface area contributed by atoms with Crippen molar-refractivity contribution >= 4 is 29.0 Å². The number of thioether (sulfide) groups is 1. The smallest absolute Gasteiger partial charge is 0.407 e. The van der Waals surface area contributed by atoms with Gasteiger partial charge in [-0.05, 0) is 48.2 Å². The summed E-state index contributed by atoms with van der Waals surface area (Å²) < 4.78 is 24.9. The van der Waals surface area contributed by atoms with Crippen molar-refractivity contribution in [2.45, 2.75) is 24.1 Å². The lowest BCUT2D eigenvalue weighted by molar-refractivity contribution is -0.118. The maximum atomic E-state index is 14.4. The number of hydrogen-bond acceptors (Lipinski definition) is 6. The molecule has 0 bridgehead atoms. The van der Waals surface area contributed by atoms with Gasteiger partial charge >= 0.3 is 6.09 Å². The lowest BCUT2D eigenvalue weighted by Crippen LogP contribution is -2.28. The molecule has 150 valence electrons. The average molecular weight is 416 g/mol. The Morgan fingerprint density at radius 1 is 1.07 bits per heavy atom. The lowest BCUT2D eigenvalue weighted by atomic mass is 10.1. The van der Waals surface area contributed by atoms with Gasteiger partial charge in [0.15, 0.2) is 11.6 Å². The van der Waals surface area contributed by atoms with Gasteiger partial charge in [-0.3, -0.25) is 14.9 Å². The molecule has 0 saturated carbocycles. The summed E-state index contributed by atoms with van der Waals surface area (Å²) >= 11 is 0.910. The number of imide groups is 1. The predicted molar refractivity (Wildman–Crippen MR) is 104 cm³/mol. The number of amides is 3. The first-order valence-corrected chi connectivity index (χ1v) is 9.84. The van der Waals surface area contributed by atoms with Crippen LogP contribution in [-0.4, -0.2) is 35.1 Å². The van der Waals surface area contributed by atoms with E-state index in [1.54, 1.807) is 18.2 Å². The third-order valence-corrected chi connectivity index (χ3v) is 5.54. The molecule has 29 heavy (non-hydrogen) atoms. The van der Waals surface area contributed by atoms with Crippen LogP contribution in [0.5, 0.6) is 11.5 Å². The third-order valence-electron chi connectivity index (χ3n) is 4.56. The van der Waals surface area contributed by atoms with Gasteiger partial charge < -0.3 is 14.8 Å². The maximum absolute atomic E-state index is 14.4. The standard InChI is InChI=1S/C20H17FN2O5S/c21-15-8-12(9-17-18(24)23-20(26)29-17)3-6-16(15)28-14-4-1-11(2-5-14)7-13-10-27-19(25)22-13/h1-6,8,13,17H,7,9-10H2,(H,22,25)(H,23,24,26). The summed E-state index contributed by atoms with van der Waals surface area (Å²) in [5.74, 6) is -0.363. The first-order valence-electron chi connectivity index (χ1n) is 8.96. The van der Waals surface area contributed by atoms with E-state index >= 15 is 0 Å². The molecule has 0 aromatic heterocycles. The second-order valence-electron chi connectivity index (χ2n) is 6.74. The second kappa shape index (κ2) is 8.12. The van der Waals surface area contributed by atoms with Crippen LogP contribution in [0.15, 0.2) is 42.5 Å². The quantitative estimate of drug-likeness (QED) is 0.751. The van der Waals surface area contributed by atoms with Gasteiger partial charge in [-0.2, -0.15) is 0 Å². The van der Waals surface area contributed by atoms with Crippen LogP contribution in [0.25, 0.3) is 0 Å². The molecule has 2 aliphatic rings. The van der Waals surface area contributed by atoms with Crippen molar-refractivity contribution in [1.82, 2.24) is 10.6 Å². The largest absolute Gasteiger partial charge is 0.454 e. The Hall–Kier alpha value is -3.07. The van der Waals surface area contributed by atoms with Gasteiger partial charge in [0, 0.05) is 0 Å². The number of carbonyl (C=O) groups is 3. The molecule has 4 rings (SSSR count). The first-order chi connectivity index (χ1) is 14.0. The average Bonchev–Trinajstić information content (AvgIpc) is 3.23. The van der Waals surface area contributed by atoms with Crippen LogP contribution in [0.1, 0.15) is 11.1 Å². The maximum Gasteiger partial charge on any atom is 0.407 e. The molecule has 2 aromatic rings. The molecule has 9 heteroatoms. The Morgan fingerprint density at radius 2 is 1.83 bits per heavy atom. The fourth-order valence-corrected chi connectivity index (χ4v) is 4.00. The number of carbonyl (C=O) groups excluding carboxylic acids is 3. The molecule has 2 aliphatic heterocycles. The molecule has 2 aromatic carbocycles. The number of benzene rings is 2. The van der Waals surface area contributed by atoms with Gasteiger partial charge in [0.2, 0.25) is 5.91 Å². The highest BCUT2D eigenvalue weighted by atomic mass is 32.2. The van der Waals surface area contributed by atoms with E-state index in [1.165, 1.54) is 12.1 Å². The molecule has 2 unspecified atom stereocenters. The van der Waals surface area contributed by atoms with Crippen molar-refractivity contribution in [1.29, 1.82) is 0 Å². The van der Waals surface area contributed by atoms with Crippen LogP contribution in [0.2, 0.25) is 0 Å². The number of hydrogen-bond donors (Lipinski definition) is 2. The minimum Gasteiger partial charge on any atom is -0.454 e. The molecule has 0 aliphatic carbocycles. The molecule has 2 heterocycles. The highest BCUT2D eigenvalue weighted by Gasteiger charge is 2.31. The Kier molecular flexibility index (Phi) is 5.39. The summed E-state index contributed by atoms with van der Waals surface area (Å²) in [6.45, 7) is 0.337. The Morgan fingerprint density at radius 3 is 2.45 bits per heavy atom. The van der Waals surface area contributed by atoms with Gasteiger partial charge in [-0.1, -0.05) is 30.0 Å². The Balaban J connectivity index is 1.37. The van der Waals surface area contributed by atoms with E-state index in [9.17, 15) is 18.8 Å². The zero-order valence-electron chi connectivity index (χ0n) is 15.1. The van der Waals surface area contributed by atoms with E-state index in [1.807, 2.05) is 12.1 Å². The molecule has 2 atom stereocenters. The predicted octanol–water partition coefficient (Wildman–Crippen LogP) is 3.16. The van der Waals surface area contributed by atoms with Crippen molar-refractivity contribution in [2.75, 3.05) is 6.61 Å². The van der Waals surface area contributed by atoms with Crippen LogP contribution in [0, 0.1) is 5.82 Å². The highest BCUT2D eigenvalue weighted by molar-refractivity contribution is 8.15. The Labute approximate surface area is 169 Å². The fourth-order valence-electron chi connectivity index (χ4n) is 3.14. The van der Waals surface area contributed by atoms with E-state index in [0.717, 1.165) is 17.3 Å². The molecule has 2 fully saturated rings. The number of rotatable bonds is 6. The molecule has 2 N–H and O–H groups in total. The summed E-state index contributed by atoms with van der Waals surface area (Å²) in [6.07, 6.45) is 0.479. The van der Waals surface area contributed by atoms with Crippen LogP contribution in [0.3, 0.4) is 0 Å². The van der Waals surface area contributed by atoms with E-state index in [4.69, 9.17) is 9.47 Å². The summed E-state index contributed by atoms with van der Waals surface area (Å²) in [6, 6.07) is 11.6. The summed E-state index contributed by atoms with van der Waals surface area (Å²) in [5.41, 5.74) is 1.60. The molecule has 7 nitrogen and oxygen atoms in total.